The van der Waals surface area contributed by atoms with E-state index >= 15 is 0 Å². The van der Waals surface area contributed by atoms with Crippen molar-refractivity contribution in [2.45, 2.75) is 64.8 Å². The van der Waals surface area contributed by atoms with Gasteiger partial charge in [0.2, 0.25) is 0 Å². The minimum Gasteiger partial charge on any atom is -0.324 e. The molecule has 0 amide bonds. The van der Waals surface area contributed by atoms with Crippen molar-refractivity contribution in [2.24, 2.45) is 5.73 Å². The Kier molecular flexibility index (Phi) is 6.87. The van der Waals surface area contributed by atoms with Gasteiger partial charge in [0.15, 0.2) is 0 Å². The summed E-state index contributed by atoms with van der Waals surface area (Å²) in [5.74, 6) is 0. The van der Waals surface area contributed by atoms with Gasteiger partial charge in [0, 0.05) is 17.9 Å². The summed E-state index contributed by atoms with van der Waals surface area (Å²) in [5, 5.41) is 0. The summed E-state index contributed by atoms with van der Waals surface area (Å²) in [6.45, 7) is 4.27. The van der Waals surface area contributed by atoms with Crippen LogP contribution in [0, 0.1) is 6.92 Å². The van der Waals surface area contributed by atoms with E-state index in [2.05, 4.69) is 18.0 Å². The van der Waals surface area contributed by atoms with Gasteiger partial charge in [-0.25, -0.2) is 0 Å². The van der Waals surface area contributed by atoms with Crippen molar-refractivity contribution in [1.29, 1.82) is 0 Å². The zero-order chi connectivity index (χ0) is 12.5. The van der Waals surface area contributed by atoms with Crippen LogP contribution in [0.15, 0.2) is 18.3 Å². The summed E-state index contributed by atoms with van der Waals surface area (Å²) in [6.07, 6.45) is 10.9. The predicted octanol–water partition coefficient (Wildman–Crippen LogP) is 4.14. The monoisotopic (exact) mass is 234 g/mol. The molecule has 0 fully saturated rings. The molecule has 0 radical (unpaired) electrons. The molecule has 0 spiro atoms. The number of hydrogen-bond acceptors (Lipinski definition) is 2. The molecule has 1 unspecified atom stereocenters. The number of unbranched alkanes of at least 4 members (excludes halogenated alkanes) is 5. The largest absolute Gasteiger partial charge is 0.324 e. The number of hydrogen-bond donors (Lipinski definition) is 1. The summed E-state index contributed by atoms with van der Waals surface area (Å²) >= 11 is 0. The van der Waals surface area contributed by atoms with Gasteiger partial charge in [0.05, 0.1) is 0 Å². The molecule has 0 saturated carbocycles. The molecule has 96 valence electrons. The maximum Gasteiger partial charge on any atom is 0.0375 e. The van der Waals surface area contributed by atoms with Gasteiger partial charge in [0.25, 0.3) is 0 Å². The number of nitrogens with two attached hydrogens (primary N) is 1. The number of aromatic nitrogens is 1. The van der Waals surface area contributed by atoms with E-state index in [1.807, 2.05) is 19.2 Å². The number of nitrogens with zero attached hydrogens (tertiary/aromatic N) is 1. The van der Waals surface area contributed by atoms with Crippen LogP contribution in [0.4, 0.5) is 0 Å². The molecule has 2 heteroatoms. The second kappa shape index (κ2) is 8.24. The Morgan fingerprint density at radius 2 is 1.88 bits per heavy atom. The molecule has 0 aromatic carbocycles. The lowest BCUT2D eigenvalue weighted by atomic mass is 10.0. The molecule has 0 aliphatic heterocycles. The summed E-state index contributed by atoms with van der Waals surface area (Å²) in [4.78, 5) is 4.20. The quantitative estimate of drug-likeness (QED) is 0.686. The van der Waals surface area contributed by atoms with E-state index in [9.17, 15) is 0 Å². The first-order valence-electron chi connectivity index (χ1n) is 6.92. The molecule has 1 atom stereocenters. The molecule has 0 aliphatic rings. The lowest BCUT2D eigenvalue weighted by Gasteiger charge is -2.12. The minimum atomic E-state index is 0.183. The second-order valence-corrected chi connectivity index (χ2v) is 4.89. The van der Waals surface area contributed by atoms with Gasteiger partial charge in [-0.1, -0.05) is 45.4 Å². The van der Waals surface area contributed by atoms with Crippen molar-refractivity contribution < 1.29 is 0 Å². The van der Waals surface area contributed by atoms with E-state index < -0.39 is 0 Å². The van der Waals surface area contributed by atoms with Gasteiger partial charge in [-0.15, -0.1) is 0 Å². The lowest BCUT2D eigenvalue weighted by molar-refractivity contribution is 0.547. The van der Waals surface area contributed by atoms with E-state index in [0.717, 1.165) is 12.1 Å². The van der Waals surface area contributed by atoms with Crippen molar-refractivity contribution in [3.05, 3.63) is 29.6 Å². The third-order valence-electron chi connectivity index (χ3n) is 3.22. The van der Waals surface area contributed by atoms with Crippen molar-refractivity contribution in [3.8, 4) is 0 Å². The second-order valence-electron chi connectivity index (χ2n) is 4.89. The first kappa shape index (κ1) is 14.2. The molecule has 2 N–H and O–H groups in total. The van der Waals surface area contributed by atoms with Gasteiger partial charge < -0.3 is 5.73 Å². The standard InChI is InChI=1S/C15H26N2/c1-3-4-5-6-7-8-9-15(16)14-10-11-17-13(2)12-14/h10-12,15H,3-9,16H2,1-2H3. The Labute approximate surface area is 106 Å². The lowest BCUT2D eigenvalue weighted by Crippen LogP contribution is -2.10. The molecule has 1 aromatic heterocycles. The maximum absolute atomic E-state index is 6.18. The van der Waals surface area contributed by atoms with Crippen LogP contribution in [0.1, 0.15) is 69.2 Å². The highest BCUT2D eigenvalue weighted by Gasteiger charge is 2.05. The van der Waals surface area contributed by atoms with Gasteiger partial charge in [-0.05, 0) is 31.0 Å². The topological polar surface area (TPSA) is 38.9 Å². The van der Waals surface area contributed by atoms with Crippen LogP contribution in [0.5, 0.6) is 0 Å². The third-order valence-corrected chi connectivity index (χ3v) is 3.22. The zero-order valence-corrected chi connectivity index (χ0v) is 11.3. The summed E-state index contributed by atoms with van der Waals surface area (Å²) in [5.41, 5.74) is 8.46. The molecule has 1 aromatic rings. The highest BCUT2D eigenvalue weighted by molar-refractivity contribution is 5.18. The first-order valence-corrected chi connectivity index (χ1v) is 6.92. The van der Waals surface area contributed by atoms with Crippen LogP contribution >= 0.6 is 0 Å². The fourth-order valence-corrected chi connectivity index (χ4v) is 2.11. The van der Waals surface area contributed by atoms with Crippen molar-refractivity contribution >= 4 is 0 Å². The first-order chi connectivity index (χ1) is 8.24. The number of aryl methyl sites for hydroxylation is 1. The van der Waals surface area contributed by atoms with Crippen LogP contribution in [0.2, 0.25) is 0 Å². The van der Waals surface area contributed by atoms with Crippen LogP contribution in [0.3, 0.4) is 0 Å². The molecule has 17 heavy (non-hydrogen) atoms. The highest BCUT2D eigenvalue weighted by Crippen LogP contribution is 2.18. The average molecular weight is 234 g/mol. The van der Waals surface area contributed by atoms with E-state index in [1.165, 1.54) is 44.1 Å². The summed E-state index contributed by atoms with van der Waals surface area (Å²) < 4.78 is 0. The summed E-state index contributed by atoms with van der Waals surface area (Å²) in [6, 6.07) is 4.32. The number of rotatable bonds is 8. The van der Waals surface area contributed by atoms with Crippen LogP contribution in [-0.4, -0.2) is 4.98 Å². The Morgan fingerprint density at radius 1 is 1.18 bits per heavy atom. The molecule has 2 nitrogen and oxygen atoms in total. The fourth-order valence-electron chi connectivity index (χ4n) is 2.11. The Hall–Kier alpha value is -0.890. The average Bonchev–Trinajstić information content (AvgIpc) is 2.33. The molecule has 1 rings (SSSR count). The SMILES string of the molecule is CCCCCCCCC(N)c1ccnc(C)c1. The molecule has 0 bridgehead atoms. The van der Waals surface area contributed by atoms with E-state index in [-0.39, 0.29) is 6.04 Å². The molecule has 0 aliphatic carbocycles. The van der Waals surface area contributed by atoms with E-state index in [0.29, 0.717) is 0 Å². The van der Waals surface area contributed by atoms with Gasteiger partial charge >= 0.3 is 0 Å². The van der Waals surface area contributed by atoms with E-state index in [1.54, 1.807) is 0 Å². The summed E-state index contributed by atoms with van der Waals surface area (Å²) in [7, 11) is 0. The Bertz CT molecular complexity index is 310. The fraction of sp³-hybridized carbons (Fsp3) is 0.667. The van der Waals surface area contributed by atoms with Gasteiger partial charge in [0.1, 0.15) is 0 Å². The van der Waals surface area contributed by atoms with Gasteiger partial charge in [-0.2, -0.15) is 0 Å². The predicted molar refractivity (Wildman–Crippen MR) is 73.9 cm³/mol. The van der Waals surface area contributed by atoms with E-state index in [4.69, 9.17) is 5.73 Å². The molecular weight excluding hydrogens is 208 g/mol. The number of pyridine rings is 1. The molecule has 0 saturated heterocycles. The van der Waals surface area contributed by atoms with Crippen molar-refractivity contribution in [1.82, 2.24) is 4.98 Å². The Balaban J connectivity index is 2.19. The van der Waals surface area contributed by atoms with Gasteiger partial charge in [-0.3, -0.25) is 4.98 Å². The molecular formula is C15H26N2. The van der Waals surface area contributed by atoms with Crippen LogP contribution in [-0.2, 0) is 0 Å². The smallest absolute Gasteiger partial charge is 0.0375 e. The van der Waals surface area contributed by atoms with Crippen LogP contribution < -0.4 is 5.73 Å². The van der Waals surface area contributed by atoms with Crippen molar-refractivity contribution in [3.63, 3.8) is 0 Å². The zero-order valence-electron chi connectivity index (χ0n) is 11.3. The molecule has 1 heterocycles. The Morgan fingerprint density at radius 3 is 2.59 bits per heavy atom. The maximum atomic E-state index is 6.18. The normalized spacial score (nSPS) is 12.6. The highest BCUT2D eigenvalue weighted by atomic mass is 14.7. The van der Waals surface area contributed by atoms with Crippen molar-refractivity contribution in [2.75, 3.05) is 0 Å². The third kappa shape index (κ3) is 5.83. The van der Waals surface area contributed by atoms with Crippen LogP contribution in [0.25, 0.3) is 0 Å². The minimum absolute atomic E-state index is 0.183.